The molecule has 28 heavy (non-hydrogen) atoms. The first-order valence-corrected chi connectivity index (χ1v) is 10.1. The normalized spacial score (nSPS) is 33.5. The average molecular weight is 381 g/mol. The van der Waals surface area contributed by atoms with Gasteiger partial charge in [-0.1, -0.05) is 35.5 Å². The van der Waals surface area contributed by atoms with E-state index in [1.807, 2.05) is 7.05 Å². The third kappa shape index (κ3) is 2.99. The number of fused-ring (bicyclic) bond motifs is 1. The molecule has 6 rings (SSSR count). The largest absolute Gasteiger partial charge is 0.364 e. The number of benzene rings is 1. The minimum Gasteiger partial charge on any atom is -0.364 e. The molecule has 5 heterocycles. The summed E-state index contributed by atoms with van der Waals surface area (Å²) in [5.41, 5.74) is 2.03. The lowest BCUT2D eigenvalue weighted by Gasteiger charge is -2.56. The van der Waals surface area contributed by atoms with Crippen LogP contribution >= 0.6 is 0 Å². The minimum atomic E-state index is -0.0662. The van der Waals surface area contributed by atoms with E-state index in [0.29, 0.717) is 12.5 Å². The Morgan fingerprint density at radius 1 is 1.21 bits per heavy atom. The van der Waals surface area contributed by atoms with Crippen molar-refractivity contribution >= 4 is 6.03 Å². The van der Waals surface area contributed by atoms with Gasteiger partial charge in [0.25, 0.3) is 0 Å². The number of carbonyl (C=O) groups is 1. The van der Waals surface area contributed by atoms with E-state index in [1.165, 1.54) is 11.8 Å². The maximum atomic E-state index is 13.1. The Labute approximate surface area is 165 Å². The van der Waals surface area contributed by atoms with Gasteiger partial charge in [-0.25, -0.2) is 4.79 Å². The van der Waals surface area contributed by atoms with Crippen LogP contribution in [0, 0.1) is 5.92 Å². The summed E-state index contributed by atoms with van der Waals surface area (Å²) in [6.45, 7) is 6.81. The highest BCUT2D eigenvalue weighted by molar-refractivity contribution is 5.74. The van der Waals surface area contributed by atoms with Crippen molar-refractivity contribution in [3.8, 4) is 0 Å². The lowest BCUT2D eigenvalue weighted by molar-refractivity contribution is 0.0210. The molecule has 3 unspecified atom stereocenters. The summed E-state index contributed by atoms with van der Waals surface area (Å²) in [4.78, 5) is 19.9. The van der Waals surface area contributed by atoms with Gasteiger partial charge in [-0.3, -0.25) is 0 Å². The average Bonchev–Trinajstić information content (AvgIpc) is 3.08. The molecule has 0 radical (unpaired) electrons. The molecule has 2 amide bonds. The number of hydrogen-bond acceptors (Lipinski definition) is 5. The number of nitrogens with one attached hydrogen (secondary N) is 1. The molecule has 4 aliphatic heterocycles. The van der Waals surface area contributed by atoms with E-state index < -0.39 is 0 Å². The third-order valence-corrected chi connectivity index (χ3v) is 6.66. The molecule has 1 aromatic heterocycles. The Morgan fingerprint density at radius 3 is 2.57 bits per heavy atom. The van der Waals surface area contributed by atoms with Gasteiger partial charge < -0.3 is 24.5 Å². The molecule has 4 saturated heterocycles. The van der Waals surface area contributed by atoms with Crippen molar-refractivity contribution in [3.63, 3.8) is 0 Å². The fraction of sp³-hybridized carbons (Fsp3) is 0.524. The molecule has 4 aliphatic rings. The van der Waals surface area contributed by atoms with Gasteiger partial charge in [-0.2, -0.15) is 0 Å². The van der Waals surface area contributed by atoms with Crippen molar-refractivity contribution in [2.75, 3.05) is 46.3 Å². The number of amides is 2. The van der Waals surface area contributed by atoms with Gasteiger partial charge in [0.05, 0.1) is 6.54 Å². The first-order valence-electron chi connectivity index (χ1n) is 10.1. The fourth-order valence-corrected chi connectivity index (χ4v) is 5.45. The van der Waals surface area contributed by atoms with Crippen molar-refractivity contribution in [1.29, 1.82) is 0 Å². The molecule has 3 atom stereocenters. The monoisotopic (exact) mass is 381 g/mol. The molecular formula is C21H27N5O2. The zero-order chi connectivity index (χ0) is 19.1. The van der Waals surface area contributed by atoms with Crippen LogP contribution in [0.3, 0.4) is 0 Å². The second-order valence-electron chi connectivity index (χ2n) is 8.53. The summed E-state index contributed by atoms with van der Waals surface area (Å²) < 4.78 is 4.89. The lowest BCUT2D eigenvalue weighted by Crippen LogP contribution is -2.71. The van der Waals surface area contributed by atoms with Gasteiger partial charge in [0, 0.05) is 69.8 Å². The van der Waals surface area contributed by atoms with Crippen molar-refractivity contribution in [2.24, 2.45) is 5.92 Å². The second kappa shape index (κ2) is 6.90. The molecule has 4 fully saturated rings. The molecule has 0 saturated carbocycles. The number of aromatic nitrogens is 1. The Hall–Kier alpha value is -2.38. The first-order chi connectivity index (χ1) is 13.6. The smallest absolute Gasteiger partial charge is 0.317 e. The highest BCUT2D eigenvalue weighted by Crippen LogP contribution is 2.43. The molecule has 2 aromatic rings. The van der Waals surface area contributed by atoms with Gasteiger partial charge in [0.1, 0.15) is 12.0 Å². The van der Waals surface area contributed by atoms with Gasteiger partial charge in [-0.05, 0) is 5.56 Å². The second-order valence-corrected chi connectivity index (χ2v) is 8.53. The van der Waals surface area contributed by atoms with Crippen molar-refractivity contribution < 1.29 is 9.32 Å². The number of urea groups is 1. The minimum absolute atomic E-state index is 0.0422. The SMILES string of the molecule is CN(Cc1ccon1)C(=O)NC1C2CN3CCN(C2)CC1(c1ccccc1)C3. The topological polar surface area (TPSA) is 64.9 Å². The Balaban J connectivity index is 1.43. The zero-order valence-electron chi connectivity index (χ0n) is 16.3. The van der Waals surface area contributed by atoms with Gasteiger partial charge in [0.15, 0.2) is 0 Å². The molecule has 0 aliphatic carbocycles. The van der Waals surface area contributed by atoms with Crippen LogP contribution in [0.25, 0.3) is 0 Å². The first kappa shape index (κ1) is 17.7. The Morgan fingerprint density at radius 2 is 1.93 bits per heavy atom. The number of rotatable bonds is 4. The van der Waals surface area contributed by atoms with Crippen LogP contribution in [0.5, 0.6) is 0 Å². The van der Waals surface area contributed by atoms with E-state index in [0.717, 1.165) is 45.0 Å². The predicted molar refractivity (Wildman–Crippen MR) is 105 cm³/mol. The molecule has 148 valence electrons. The van der Waals surface area contributed by atoms with Crippen LogP contribution in [-0.4, -0.2) is 78.2 Å². The van der Waals surface area contributed by atoms with Crippen molar-refractivity contribution in [2.45, 2.75) is 18.0 Å². The van der Waals surface area contributed by atoms with Crippen LogP contribution < -0.4 is 5.32 Å². The summed E-state index contributed by atoms with van der Waals surface area (Å²) in [7, 11) is 1.81. The molecule has 1 N–H and O–H groups in total. The van der Waals surface area contributed by atoms with E-state index in [9.17, 15) is 4.79 Å². The van der Waals surface area contributed by atoms with Crippen LogP contribution in [0.4, 0.5) is 4.79 Å². The maximum absolute atomic E-state index is 13.1. The summed E-state index contributed by atoms with van der Waals surface area (Å²) in [5, 5.41) is 7.34. The van der Waals surface area contributed by atoms with E-state index in [2.05, 4.69) is 50.6 Å². The maximum Gasteiger partial charge on any atom is 0.317 e. The van der Waals surface area contributed by atoms with Crippen LogP contribution in [0.15, 0.2) is 47.2 Å². The summed E-state index contributed by atoms with van der Waals surface area (Å²) >= 11 is 0. The molecule has 1 aromatic carbocycles. The van der Waals surface area contributed by atoms with E-state index in [1.54, 1.807) is 11.0 Å². The standard InChI is InChI=1S/C21H27N5O2/c1-24(13-18-7-10-28-23-18)20(27)22-19-16-11-25-8-9-26(12-16)15-21(19,14-25)17-5-3-2-4-6-17/h2-7,10,16,19H,8-9,11-15H2,1H3,(H,22,27). The number of carbonyl (C=O) groups excluding carboxylic acids is 1. The van der Waals surface area contributed by atoms with E-state index in [-0.39, 0.29) is 17.5 Å². The highest BCUT2D eigenvalue weighted by atomic mass is 16.5. The summed E-state index contributed by atoms with van der Waals surface area (Å²) in [6, 6.07) is 12.6. The highest BCUT2D eigenvalue weighted by Gasteiger charge is 2.55. The Kier molecular flexibility index (Phi) is 4.36. The van der Waals surface area contributed by atoms with Crippen LogP contribution in [-0.2, 0) is 12.0 Å². The van der Waals surface area contributed by atoms with Gasteiger partial charge in [-0.15, -0.1) is 0 Å². The van der Waals surface area contributed by atoms with Gasteiger partial charge in [0.2, 0.25) is 0 Å². The zero-order valence-corrected chi connectivity index (χ0v) is 16.3. The molecule has 0 spiro atoms. The fourth-order valence-electron chi connectivity index (χ4n) is 5.45. The molecule has 7 heteroatoms. The Bertz CT molecular complexity index is 809. The number of nitrogens with zero attached hydrogens (tertiary/aromatic N) is 4. The van der Waals surface area contributed by atoms with Gasteiger partial charge >= 0.3 is 6.03 Å². The summed E-state index contributed by atoms with van der Waals surface area (Å²) in [6.07, 6.45) is 1.54. The number of hydrogen-bond donors (Lipinski definition) is 1. The predicted octanol–water partition coefficient (Wildman–Crippen LogP) is 1.38. The quantitative estimate of drug-likeness (QED) is 0.867. The van der Waals surface area contributed by atoms with E-state index in [4.69, 9.17) is 4.52 Å². The molecule has 7 nitrogen and oxygen atoms in total. The lowest BCUT2D eigenvalue weighted by atomic mass is 9.64. The number of piperidine rings is 2. The van der Waals surface area contributed by atoms with Crippen molar-refractivity contribution in [1.82, 2.24) is 25.2 Å². The van der Waals surface area contributed by atoms with Crippen LogP contribution in [0.1, 0.15) is 11.3 Å². The van der Waals surface area contributed by atoms with Crippen molar-refractivity contribution in [3.05, 3.63) is 53.9 Å². The summed E-state index contributed by atoms with van der Waals surface area (Å²) in [5.74, 6) is 0.439. The van der Waals surface area contributed by atoms with E-state index >= 15 is 0 Å². The third-order valence-electron chi connectivity index (χ3n) is 6.66. The molecule has 4 bridgehead atoms. The van der Waals surface area contributed by atoms with Crippen LogP contribution in [0.2, 0.25) is 0 Å². The molecular weight excluding hydrogens is 354 g/mol.